The number of nitrogens with one attached hydrogen (secondary N) is 1. The number of nitrogens with zero attached hydrogens (tertiary/aromatic N) is 2. The van der Waals surface area contributed by atoms with Crippen LogP contribution < -0.4 is 5.32 Å². The summed E-state index contributed by atoms with van der Waals surface area (Å²) in [5, 5.41) is 5.31. The summed E-state index contributed by atoms with van der Waals surface area (Å²) in [4.78, 5) is 8.87. The normalized spacial score (nSPS) is 23.5. The van der Waals surface area contributed by atoms with E-state index in [1.165, 1.54) is 12.8 Å². The predicted octanol–water partition coefficient (Wildman–Crippen LogP) is 2.10. The van der Waals surface area contributed by atoms with E-state index in [-0.39, 0.29) is 0 Å². The van der Waals surface area contributed by atoms with Gasteiger partial charge in [0.05, 0.1) is 6.54 Å². The SMILES string of the molecule is c1ccc(CCNC2=NCC(C3CC3)S2)nc1. The molecule has 0 saturated heterocycles. The van der Waals surface area contributed by atoms with Crippen LogP contribution in [0.25, 0.3) is 0 Å². The molecule has 3 nitrogen and oxygen atoms in total. The Balaban J connectivity index is 1.40. The fourth-order valence-electron chi connectivity index (χ4n) is 2.05. The Kier molecular flexibility index (Phi) is 3.31. The van der Waals surface area contributed by atoms with E-state index in [1.54, 1.807) is 0 Å². The molecule has 3 rings (SSSR count). The Hall–Kier alpha value is -1.03. The second-order valence-electron chi connectivity index (χ2n) is 4.64. The second kappa shape index (κ2) is 5.08. The highest BCUT2D eigenvalue weighted by Gasteiger charge is 2.35. The maximum absolute atomic E-state index is 4.56. The Morgan fingerprint density at radius 1 is 1.35 bits per heavy atom. The maximum atomic E-state index is 4.56. The summed E-state index contributed by atoms with van der Waals surface area (Å²) in [6, 6.07) is 6.06. The lowest BCUT2D eigenvalue weighted by molar-refractivity contribution is 0.771. The van der Waals surface area contributed by atoms with Crippen LogP contribution in [0.3, 0.4) is 0 Å². The first kappa shape index (κ1) is 11.1. The molecule has 2 heterocycles. The Bertz CT molecular complexity index is 400. The molecule has 0 amide bonds. The molecule has 0 radical (unpaired) electrons. The quantitative estimate of drug-likeness (QED) is 0.885. The van der Waals surface area contributed by atoms with Crippen LogP contribution in [-0.4, -0.2) is 28.5 Å². The highest BCUT2D eigenvalue weighted by atomic mass is 32.2. The number of aromatic nitrogens is 1. The first-order valence-corrected chi connectivity index (χ1v) is 7.14. The number of pyridine rings is 1. The fraction of sp³-hybridized carbons (Fsp3) is 0.538. The van der Waals surface area contributed by atoms with Gasteiger partial charge < -0.3 is 5.32 Å². The van der Waals surface area contributed by atoms with Crippen molar-refractivity contribution < 1.29 is 0 Å². The van der Waals surface area contributed by atoms with Crippen molar-refractivity contribution in [1.29, 1.82) is 0 Å². The van der Waals surface area contributed by atoms with Crippen LogP contribution in [0.4, 0.5) is 0 Å². The largest absolute Gasteiger partial charge is 0.365 e. The first-order chi connectivity index (χ1) is 8.42. The van der Waals surface area contributed by atoms with Gasteiger partial charge in [-0.1, -0.05) is 17.8 Å². The zero-order valence-corrected chi connectivity index (χ0v) is 10.6. The molecule has 1 aromatic rings. The van der Waals surface area contributed by atoms with Crippen molar-refractivity contribution in [2.24, 2.45) is 10.9 Å². The number of rotatable bonds is 4. The van der Waals surface area contributed by atoms with Gasteiger partial charge in [-0.25, -0.2) is 0 Å². The summed E-state index contributed by atoms with van der Waals surface area (Å²) in [5.74, 6) is 0.943. The molecule has 4 heteroatoms. The number of hydrogen-bond acceptors (Lipinski definition) is 4. The summed E-state index contributed by atoms with van der Waals surface area (Å²) in [6.07, 6.45) is 5.64. The number of hydrogen-bond donors (Lipinski definition) is 1. The Morgan fingerprint density at radius 2 is 2.29 bits per heavy atom. The lowest BCUT2D eigenvalue weighted by atomic mass is 10.3. The number of aliphatic imine (C=N–C) groups is 1. The molecule has 0 aromatic carbocycles. The van der Waals surface area contributed by atoms with Crippen molar-refractivity contribution in [3.63, 3.8) is 0 Å². The van der Waals surface area contributed by atoms with Crippen molar-refractivity contribution in [1.82, 2.24) is 10.3 Å². The average molecular weight is 247 g/mol. The lowest BCUT2D eigenvalue weighted by Crippen LogP contribution is -2.22. The third kappa shape index (κ3) is 3.00. The van der Waals surface area contributed by atoms with Gasteiger partial charge in [-0.2, -0.15) is 0 Å². The third-order valence-electron chi connectivity index (χ3n) is 3.21. The van der Waals surface area contributed by atoms with E-state index in [9.17, 15) is 0 Å². The summed E-state index contributed by atoms with van der Waals surface area (Å²) in [6.45, 7) is 1.95. The van der Waals surface area contributed by atoms with Crippen LogP contribution in [-0.2, 0) is 6.42 Å². The van der Waals surface area contributed by atoms with E-state index in [0.29, 0.717) is 0 Å². The van der Waals surface area contributed by atoms with Gasteiger partial charge in [-0.15, -0.1) is 0 Å². The van der Waals surface area contributed by atoms with Gasteiger partial charge in [-0.3, -0.25) is 9.98 Å². The zero-order chi connectivity index (χ0) is 11.5. The highest BCUT2D eigenvalue weighted by Crippen LogP contribution is 2.41. The molecular formula is C13H17N3S. The molecule has 0 spiro atoms. The van der Waals surface area contributed by atoms with Gasteiger partial charge in [-0.05, 0) is 30.9 Å². The number of thioether (sulfide) groups is 1. The molecular weight excluding hydrogens is 230 g/mol. The van der Waals surface area contributed by atoms with Crippen LogP contribution in [0.1, 0.15) is 18.5 Å². The van der Waals surface area contributed by atoms with E-state index in [0.717, 1.165) is 41.5 Å². The van der Waals surface area contributed by atoms with Crippen molar-refractivity contribution in [2.45, 2.75) is 24.5 Å². The van der Waals surface area contributed by atoms with Crippen molar-refractivity contribution in [2.75, 3.05) is 13.1 Å². The molecule has 1 saturated carbocycles. The molecule has 1 N–H and O–H groups in total. The van der Waals surface area contributed by atoms with E-state index in [4.69, 9.17) is 0 Å². The van der Waals surface area contributed by atoms with Crippen molar-refractivity contribution >= 4 is 16.9 Å². The Morgan fingerprint density at radius 3 is 3.06 bits per heavy atom. The second-order valence-corrected chi connectivity index (χ2v) is 5.87. The minimum atomic E-state index is 0.757. The van der Waals surface area contributed by atoms with Gasteiger partial charge in [0.15, 0.2) is 5.17 Å². The van der Waals surface area contributed by atoms with Crippen LogP contribution in [0.5, 0.6) is 0 Å². The molecule has 90 valence electrons. The first-order valence-electron chi connectivity index (χ1n) is 6.27. The van der Waals surface area contributed by atoms with Gasteiger partial charge in [0.1, 0.15) is 0 Å². The molecule has 1 unspecified atom stereocenters. The van der Waals surface area contributed by atoms with Crippen molar-refractivity contribution in [3.05, 3.63) is 30.1 Å². The van der Waals surface area contributed by atoms with Crippen LogP contribution in [0.2, 0.25) is 0 Å². The van der Waals surface area contributed by atoms with E-state index in [2.05, 4.69) is 21.4 Å². The maximum Gasteiger partial charge on any atom is 0.156 e. The standard InChI is InChI=1S/C13H17N3S/c1-2-7-14-11(3-1)6-8-15-13-16-9-12(17-13)10-4-5-10/h1-3,7,10,12H,4-6,8-9H2,(H,15,16). The molecule has 1 aromatic heterocycles. The molecule has 1 aliphatic heterocycles. The van der Waals surface area contributed by atoms with E-state index >= 15 is 0 Å². The Labute approximate surface area is 106 Å². The van der Waals surface area contributed by atoms with Gasteiger partial charge in [0, 0.05) is 30.1 Å². The van der Waals surface area contributed by atoms with Crippen molar-refractivity contribution in [3.8, 4) is 0 Å². The van der Waals surface area contributed by atoms with Crippen LogP contribution >= 0.6 is 11.8 Å². The van der Waals surface area contributed by atoms with Gasteiger partial charge in [0.2, 0.25) is 0 Å². The fourth-order valence-corrected chi connectivity index (χ4v) is 3.28. The topological polar surface area (TPSA) is 37.3 Å². The third-order valence-corrected chi connectivity index (χ3v) is 4.54. The van der Waals surface area contributed by atoms with Crippen LogP contribution in [0.15, 0.2) is 29.4 Å². The zero-order valence-electron chi connectivity index (χ0n) is 9.80. The van der Waals surface area contributed by atoms with Gasteiger partial charge >= 0.3 is 0 Å². The molecule has 2 aliphatic rings. The molecule has 0 bridgehead atoms. The van der Waals surface area contributed by atoms with E-state index < -0.39 is 0 Å². The molecule has 1 aliphatic carbocycles. The smallest absolute Gasteiger partial charge is 0.156 e. The summed E-state index contributed by atoms with van der Waals surface area (Å²) >= 11 is 1.93. The molecule has 1 fully saturated rings. The minimum absolute atomic E-state index is 0.757. The van der Waals surface area contributed by atoms with E-state index in [1.807, 2.05) is 30.1 Å². The van der Waals surface area contributed by atoms with Crippen LogP contribution in [0, 0.1) is 5.92 Å². The molecule has 1 atom stereocenters. The lowest BCUT2D eigenvalue weighted by Gasteiger charge is -2.07. The minimum Gasteiger partial charge on any atom is -0.365 e. The highest BCUT2D eigenvalue weighted by molar-refractivity contribution is 8.14. The average Bonchev–Trinajstić information content (AvgIpc) is 3.11. The summed E-state index contributed by atoms with van der Waals surface area (Å²) in [5.41, 5.74) is 1.14. The summed E-state index contributed by atoms with van der Waals surface area (Å²) in [7, 11) is 0. The monoisotopic (exact) mass is 247 g/mol. The number of amidine groups is 1. The molecule has 17 heavy (non-hydrogen) atoms. The summed E-state index contributed by atoms with van der Waals surface area (Å²) < 4.78 is 0. The predicted molar refractivity (Wildman–Crippen MR) is 72.3 cm³/mol. The van der Waals surface area contributed by atoms with Gasteiger partial charge in [0.25, 0.3) is 0 Å².